The second kappa shape index (κ2) is 10.8. The van der Waals surface area contributed by atoms with Gasteiger partial charge in [0.15, 0.2) is 0 Å². The maximum atomic E-state index is 13.5. The number of hydrogen-bond donors (Lipinski definition) is 1. The first kappa shape index (κ1) is 26.5. The summed E-state index contributed by atoms with van der Waals surface area (Å²) < 4.78 is 12.8. The number of carbonyl (C=O) groups is 2. The summed E-state index contributed by atoms with van der Waals surface area (Å²) in [7, 11) is 1.56. The van der Waals surface area contributed by atoms with Crippen molar-refractivity contribution in [3.63, 3.8) is 0 Å². The molecule has 0 unspecified atom stereocenters. The Morgan fingerprint density at radius 2 is 1.78 bits per heavy atom. The molecule has 1 aliphatic rings. The van der Waals surface area contributed by atoms with Crippen molar-refractivity contribution in [2.45, 2.75) is 52.1 Å². The average molecular weight is 525 g/mol. The molecule has 9 heteroatoms. The van der Waals surface area contributed by atoms with Gasteiger partial charge in [-0.1, -0.05) is 29.8 Å². The highest BCUT2D eigenvalue weighted by Crippen LogP contribution is 2.35. The van der Waals surface area contributed by atoms with Crippen molar-refractivity contribution in [1.29, 1.82) is 0 Å². The number of hydrogen-bond acceptors (Lipinski definition) is 5. The van der Waals surface area contributed by atoms with Crippen molar-refractivity contribution in [1.82, 2.24) is 14.7 Å². The van der Waals surface area contributed by atoms with E-state index >= 15 is 0 Å². The van der Waals surface area contributed by atoms with Crippen LogP contribution in [0.1, 0.15) is 61.1 Å². The first-order chi connectivity index (χ1) is 17.6. The monoisotopic (exact) mass is 524 g/mol. The predicted octanol–water partition coefficient (Wildman–Crippen LogP) is 6.21. The largest absolute Gasteiger partial charge is 0.495 e. The number of para-hydroxylation sites is 2. The number of nitrogens with one attached hydrogen (secondary N) is 1. The van der Waals surface area contributed by atoms with Gasteiger partial charge in [0.2, 0.25) is 0 Å². The number of anilines is 1. The Labute approximate surface area is 222 Å². The van der Waals surface area contributed by atoms with Crippen LogP contribution in [-0.2, 0) is 4.74 Å². The van der Waals surface area contributed by atoms with Crippen LogP contribution in [-0.4, -0.2) is 52.5 Å². The van der Waals surface area contributed by atoms with Crippen LogP contribution < -0.4 is 10.1 Å². The minimum absolute atomic E-state index is 0.00186. The smallest absolute Gasteiger partial charge is 0.410 e. The molecule has 1 fully saturated rings. The number of likely N-dealkylation sites (tertiary alicyclic amines) is 1. The topological polar surface area (TPSA) is 85.7 Å². The summed E-state index contributed by atoms with van der Waals surface area (Å²) in [6, 6.07) is 12.9. The molecule has 196 valence electrons. The van der Waals surface area contributed by atoms with E-state index in [1.807, 2.05) is 62.7 Å². The van der Waals surface area contributed by atoms with E-state index in [1.165, 1.54) is 0 Å². The van der Waals surface area contributed by atoms with Crippen molar-refractivity contribution in [3.8, 4) is 11.4 Å². The summed E-state index contributed by atoms with van der Waals surface area (Å²) in [6.07, 6.45) is 2.61. The first-order valence-electron chi connectivity index (χ1n) is 12.3. The summed E-state index contributed by atoms with van der Waals surface area (Å²) in [5.41, 5.74) is 2.97. The quantitative estimate of drug-likeness (QED) is 0.429. The Kier molecular flexibility index (Phi) is 7.78. The number of methoxy groups -OCH3 is 1. The van der Waals surface area contributed by atoms with Crippen LogP contribution >= 0.6 is 11.6 Å². The third-order valence-corrected chi connectivity index (χ3v) is 6.82. The lowest BCUT2D eigenvalue weighted by Crippen LogP contribution is -2.41. The highest BCUT2D eigenvalue weighted by Gasteiger charge is 2.32. The van der Waals surface area contributed by atoms with Gasteiger partial charge in [-0.3, -0.25) is 4.79 Å². The first-order valence-corrected chi connectivity index (χ1v) is 12.7. The van der Waals surface area contributed by atoms with E-state index in [1.54, 1.807) is 30.3 Å². The van der Waals surface area contributed by atoms with E-state index in [9.17, 15) is 9.59 Å². The van der Waals surface area contributed by atoms with Gasteiger partial charge in [0.1, 0.15) is 11.4 Å². The molecule has 4 rings (SSSR count). The predicted molar refractivity (Wildman–Crippen MR) is 144 cm³/mol. The lowest BCUT2D eigenvalue weighted by molar-refractivity contribution is 0.0203. The average Bonchev–Trinajstić information content (AvgIpc) is 3.30. The highest BCUT2D eigenvalue weighted by atomic mass is 35.5. The molecule has 2 amide bonds. The second-order valence-electron chi connectivity index (χ2n) is 10.1. The minimum atomic E-state index is -0.555. The highest BCUT2D eigenvalue weighted by molar-refractivity contribution is 6.31. The third kappa shape index (κ3) is 5.91. The van der Waals surface area contributed by atoms with Gasteiger partial charge >= 0.3 is 6.09 Å². The molecule has 1 aromatic heterocycles. The molecule has 0 bridgehead atoms. The fraction of sp³-hybridized carbons (Fsp3) is 0.393. The van der Waals surface area contributed by atoms with E-state index in [0.717, 1.165) is 16.9 Å². The number of amides is 2. The molecular formula is C28H33ClN4O4. The number of carbonyl (C=O) groups excluding carboxylic acids is 2. The zero-order valence-corrected chi connectivity index (χ0v) is 22.6. The summed E-state index contributed by atoms with van der Waals surface area (Å²) in [4.78, 5) is 27.9. The van der Waals surface area contributed by atoms with Gasteiger partial charge in [0.05, 0.1) is 35.9 Å². The van der Waals surface area contributed by atoms with Gasteiger partial charge in [-0.15, -0.1) is 0 Å². The van der Waals surface area contributed by atoms with Crippen LogP contribution in [0, 0.1) is 6.92 Å². The molecule has 0 aliphatic carbocycles. The van der Waals surface area contributed by atoms with Crippen molar-refractivity contribution in [3.05, 3.63) is 70.5 Å². The standard InChI is InChI=1S/C28H33ClN4O4/c1-18-21(29)9-8-11-23(18)33-25(19-13-15-32(16-14-19)27(35)37-28(2,3)4)20(17-30-33)26(34)31-22-10-6-7-12-24(22)36-5/h6-12,17,19H,13-16H2,1-5H3,(H,31,34). The summed E-state index contributed by atoms with van der Waals surface area (Å²) in [6.45, 7) is 8.55. The Morgan fingerprint density at radius 3 is 2.46 bits per heavy atom. The number of piperidine rings is 1. The zero-order chi connectivity index (χ0) is 26.7. The molecule has 1 N–H and O–H groups in total. The van der Waals surface area contributed by atoms with Crippen LogP contribution in [0.2, 0.25) is 5.02 Å². The Hall–Kier alpha value is -3.52. The normalized spacial score (nSPS) is 14.4. The molecule has 1 aliphatic heterocycles. The summed E-state index contributed by atoms with van der Waals surface area (Å²) >= 11 is 6.43. The van der Waals surface area contributed by atoms with Crippen molar-refractivity contribution < 1.29 is 19.1 Å². The molecule has 3 aromatic rings. The second-order valence-corrected chi connectivity index (χ2v) is 10.5. The molecule has 0 saturated carbocycles. The number of nitrogens with zero attached hydrogens (tertiary/aromatic N) is 3. The Bertz CT molecular complexity index is 1290. The molecule has 8 nitrogen and oxygen atoms in total. The van der Waals surface area contributed by atoms with Gasteiger partial charge in [-0.05, 0) is 70.4 Å². The van der Waals surface area contributed by atoms with Crippen LogP contribution in [0.25, 0.3) is 5.69 Å². The third-order valence-electron chi connectivity index (χ3n) is 6.41. The van der Waals surface area contributed by atoms with E-state index in [2.05, 4.69) is 10.4 Å². The van der Waals surface area contributed by atoms with Gasteiger partial charge in [0, 0.05) is 24.0 Å². The summed E-state index contributed by atoms with van der Waals surface area (Å²) in [5.74, 6) is 0.291. The molecule has 1 saturated heterocycles. The Morgan fingerprint density at radius 1 is 1.08 bits per heavy atom. The van der Waals surface area contributed by atoms with Gasteiger partial charge in [-0.25, -0.2) is 9.48 Å². The SMILES string of the molecule is COc1ccccc1NC(=O)c1cnn(-c2cccc(Cl)c2C)c1C1CCN(C(=O)OC(C)(C)C)CC1. The lowest BCUT2D eigenvalue weighted by atomic mass is 9.90. The molecule has 2 heterocycles. The molecule has 37 heavy (non-hydrogen) atoms. The molecule has 0 radical (unpaired) electrons. The molecule has 2 aromatic carbocycles. The Balaban J connectivity index is 1.67. The van der Waals surface area contributed by atoms with E-state index in [-0.39, 0.29) is 17.9 Å². The zero-order valence-electron chi connectivity index (χ0n) is 21.9. The maximum Gasteiger partial charge on any atom is 0.410 e. The fourth-order valence-corrected chi connectivity index (χ4v) is 4.71. The maximum absolute atomic E-state index is 13.5. The van der Waals surface area contributed by atoms with Gasteiger partial charge in [0.25, 0.3) is 5.91 Å². The number of rotatable bonds is 5. The number of benzene rings is 2. The van der Waals surface area contributed by atoms with Crippen molar-refractivity contribution in [2.24, 2.45) is 0 Å². The van der Waals surface area contributed by atoms with E-state index < -0.39 is 5.60 Å². The van der Waals surface area contributed by atoms with Crippen LogP contribution in [0.15, 0.2) is 48.7 Å². The van der Waals surface area contributed by atoms with E-state index in [0.29, 0.717) is 48.0 Å². The summed E-state index contributed by atoms with van der Waals surface area (Å²) in [5, 5.41) is 8.23. The minimum Gasteiger partial charge on any atom is -0.495 e. The van der Waals surface area contributed by atoms with Crippen LogP contribution in [0.5, 0.6) is 5.75 Å². The lowest BCUT2D eigenvalue weighted by Gasteiger charge is -2.34. The number of ether oxygens (including phenoxy) is 2. The number of aromatic nitrogens is 2. The molecular weight excluding hydrogens is 492 g/mol. The van der Waals surface area contributed by atoms with Gasteiger partial charge < -0.3 is 19.7 Å². The molecule has 0 spiro atoms. The number of halogens is 1. The van der Waals surface area contributed by atoms with Crippen molar-refractivity contribution >= 4 is 29.3 Å². The van der Waals surface area contributed by atoms with Crippen molar-refractivity contribution in [2.75, 3.05) is 25.5 Å². The van der Waals surface area contributed by atoms with Crippen LogP contribution in [0.3, 0.4) is 0 Å². The van der Waals surface area contributed by atoms with E-state index in [4.69, 9.17) is 21.1 Å². The fourth-order valence-electron chi connectivity index (χ4n) is 4.54. The molecule has 0 atom stereocenters. The van der Waals surface area contributed by atoms with Crippen LogP contribution in [0.4, 0.5) is 10.5 Å². The van der Waals surface area contributed by atoms with Gasteiger partial charge in [-0.2, -0.15) is 5.10 Å².